The fourth-order valence-corrected chi connectivity index (χ4v) is 4.91. The molecule has 3 aromatic heterocycles. The minimum atomic E-state index is -0.365. The van der Waals surface area contributed by atoms with Crippen molar-refractivity contribution in [1.82, 2.24) is 34.6 Å². The van der Waals surface area contributed by atoms with E-state index in [9.17, 15) is 9.18 Å². The summed E-state index contributed by atoms with van der Waals surface area (Å²) in [5.74, 6) is 0.0623. The molecule has 1 amide bonds. The van der Waals surface area contributed by atoms with Crippen molar-refractivity contribution < 1.29 is 9.18 Å². The van der Waals surface area contributed by atoms with Crippen molar-refractivity contribution in [2.45, 2.75) is 19.1 Å². The molecule has 1 fully saturated rings. The molecular weight excluding hydrogens is 473 g/mol. The Morgan fingerprint density at radius 1 is 1.16 bits per heavy atom. The molecule has 1 saturated heterocycles. The van der Waals surface area contributed by atoms with Crippen LogP contribution in [0.5, 0.6) is 0 Å². The van der Waals surface area contributed by atoms with E-state index in [0.29, 0.717) is 25.5 Å². The van der Waals surface area contributed by atoms with E-state index in [0.717, 1.165) is 46.3 Å². The van der Waals surface area contributed by atoms with Crippen molar-refractivity contribution in [3.63, 3.8) is 0 Å². The minimum Gasteiger partial charge on any atom is -0.368 e. The van der Waals surface area contributed by atoms with Crippen LogP contribution in [-0.4, -0.2) is 60.9 Å². The lowest BCUT2D eigenvalue weighted by Gasteiger charge is -2.34. The lowest BCUT2D eigenvalue weighted by Crippen LogP contribution is -2.56. The van der Waals surface area contributed by atoms with Gasteiger partial charge in [-0.1, -0.05) is 12.1 Å². The van der Waals surface area contributed by atoms with Crippen LogP contribution >= 0.6 is 0 Å². The van der Waals surface area contributed by atoms with E-state index in [2.05, 4.69) is 30.7 Å². The summed E-state index contributed by atoms with van der Waals surface area (Å²) >= 11 is 0. The normalized spacial score (nSPS) is 16.4. The lowest BCUT2D eigenvalue weighted by atomic mass is 10.1. The van der Waals surface area contributed by atoms with Crippen molar-refractivity contribution in [2.75, 3.05) is 25.0 Å². The van der Waals surface area contributed by atoms with Gasteiger partial charge in [0.2, 0.25) is 5.91 Å². The Hall–Kier alpha value is -4.35. The van der Waals surface area contributed by atoms with Gasteiger partial charge >= 0.3 is 0 Å². The summed E-state index contributed by atoms with van der Waals surface area (Å²) in [4.78, 5) is 18.6. The van der Waals surface area contributed by atoms with E-state index in [1.807, 2.05) is 41.2 Å². The number of piperazine rings is 1. The predicted molar refractivity (Wildman–Crippen MR) is 138 cm³/mol. The minimum absolute atomic E-state index is 0.261. The van der Waals surface area contributed by atoms with Crippen LogP contribution in [0.4, 0.5) is 15.9 Å². The Bertz CT molecular complexity index is 1590. The second kappa shape index (κ2) is 9.60. The first-order valence-corrected chi connectivity index (χ1v) is 12.1. The molecule has 1 unspecified atom stereocenters. The summed E-state index contributed by atoms with van der Waals surface area (Å²) < 4.78 is 17.2. The highest BCUT2D eigenvalue weighted by molar-refractivity contribution is 5.85. The first-order valence-electron chi connectivity index (χ1n) is 12.1. The van der Waals surface area contributed by atoms with Gasteiger partial charge in [0.25, 0.3) is 0 Å². The quantitative estimate of drug-likeness (QED) is 0.314. The average molecular weight is 500 g/mol. The Morgan fingerprint density at radius 2 is 2.08 bits per heavy atom. The number of carbonyl (C=O) groups is 1. The zero-order valence-corrected chi connectivity index (χ0v) is 20.0. The van der Waals surface area contributed by atoms with Crippen LogP contribution in [0.3, 0.4) is 0 Å². The number of fused-ring (bicyclic) bond motifs is 2. The number of nitrogens with one attached hydrogen (secondary N) is 2. The summed E-state index contributed by atoms with van der Waals surface area (Å²) in [5.41, 5.74) is 10.1. The van der Waals surface area contributed by atoms with Gasteiger partial charge < -0.3 is 16.4 Å². The van der Waals surface area contributed by atoms with Gasteiger partial charge in [-0.2, -0.15) is 10.2 Å². The maximum absolute atomic E-state index is 13.6. The van der Waals surface area contributed by atoms with Crippen molar-refractivity contribution in [1.29, 1.82) is 0 Å². The molecule has 1 aliphatic rings. The molecule has 5 aromatic rings. The van der Waals surface area contributed by atoms with Crippen molar-refractivity contribution in [3.8, 4) is 0 Å². The van der Waals surface area contributed by atoms with Gasteiger partial charge in [-0.3, -0.25) is 14.4 Å². The molecule has 0 radical (unpaired) electrons. The molecule has 188 valence electrons. The standard InChI is InChI=1S/C26H26FN9O/c27-20-3-1-2-17(10-20)14-36-22-5-4-21(11-19(22)12-31-36)33-26-24-18(6-8-35(24)32-16-30-26)15-34-9-7-29-13-23(34)25(28)37/h1-6,8,10-12,16,23,29H,7,9,13-15H2,(H2,28,37)(H,30,32,33). The highest BCUT2D eigenvalue weighted by Crippen LogP contribution is 2.27. The third-order valence-corrected chi connectivity index (χ3v) is 6.72. The molecule has 4 N–H and O–H groups in total. The summed E-state index contributed by atoms with van der Waals surface area (Å²) in [6, 6.07) is 14.1. The number of anilines is 2. The van der Waals surface area contributed by atoms with Crippen LogP contribution in [0.15, 0.2) is 67.3 Å². The Labute approximate surface area is 211 Å². The number of nitrogens with two attached hydrogens (primary N) is 1. The molecule has 11 heteroatoms. The van der Waals surface area contributed by atoms with Crippen LogP contribution in [0.25, 0.3) is 16.4 Å². The molecule has 0 aliphatic carbocycles. The number of halogens is 1. The second-order valence-electron chi connectivity index (χ2n) is 9.17. The van der Waals surface area contributed by atoms with Gasteiger partial charge in [-0.05, 0) is 47.5 Å². The highest BCUT2D eigenvalue weighted by atomic mass is 19.1. The largest absolute Gasteiger partial charge is 0.368 e. The molecule has 0 saturated carbocycles. The second-order valence-corrected chi connectivity index (χ2v) is 9.17. The van der Waals surface area contributed by atoms with Crippen molar-refractivity contribution in [3.05, 3.63) is 84.2 Å². The van der Waals surface area contributed by atoms with Gasteiger partial charge in [0.15, 0.2) is 5.82 Å². The fraction of sp³-hybridized carbons (Fsp3) is 0.231. The fourth-order valence-electron chi connectivity index (χ4n) is 4.91. The zero-order chi connectivity index (χ0) is 25.4. The Morgan fingerprint density at radius 3 is 2.95 bits per heavy atom. The molecule has 0 spiro atoms. The number of nitrogens with zero attached hydrogens (tertiary/aromatic N) is 6. The van der Waals surface area contributed by atoms with Gasteiger partial charge in [0, 0.05) is 43.4 Å². The monoisotopic (exact) mass is 499 g/mol. The Kier molecular flexibility index (Phi) is 5.99. The van der Waals surface area contributed by atoms with Crippen LogP contribution in [-0.2, 0) is 17.9 Å². The van der Waals surface area contributed by atoms with E-state index in [-0.39, 0.29) is 17.8 Å². The summed E-state index contributed by atoms with van der Waals surface area (Å²) in [6.45, 7) is 3.09. The van der Waals surface area contributed by atoms with E-state index in [4.69, 9.17) is 5.73 Å². The zero-order valence-electron chi connectivity index (χ0n) is 20.0. The van der Waals surface area contributed by atoms with Gasteiger partial charge in [-0.15, -0.1) is 0 Å². The molecule has 6 rings (SSSR count). The smallest absolute Gasteiger partial charge is 0.236 e. The van der Waals surface area contributed by atoms with Gasteiger partial charge in [-0.25, -0.2) is 13.9 Å². The molecule has 0 bridgehead atoms. The van der Waals surface area contributed by atoms with Crippen molar-refractivity contribution >= 4 is 33.8 Å². The third-order valence-electron chi connectivity index (χ3n) is 6.72. The topological polar surface area (TPSA) is 118 Å². The summed E-state index contributed by atoms with van der Waals surface area (Å²) in [6.07, 6.45) is 5.19. The molecule has 2 aromatic carbocycles. The SMILES string of the molecule is NC(=O)C1CNCCN1Cc1ccn2ncnc(Nc3ccc4c(cnn4Cc4cccc(F)c4)c3)c12. The van der Waals surface area contributed by atoms with Gasteiger partial charge in [0.1, 0.15) is 23.7 Å². The molecule has 10 nitrogen and oxygen atoms in total. The summed E-state index contributed by atoms with van der Waals surface area (Å²) in [7, 11) is 0. The van der Waals surface area contributed by atoms with Crippen LogP contribution in [0.1, 0.15) is 11.1 Å². The first kappa shape index (κ1) is 23.1. The average Bonchev–Trinajstić information content (AvgIpc) is 3.49. The van der Waals surface area contributed by atoms with Crippen molar-refractivity contribution in [2.24, 2.45) is 5.73 Å². The number of carbonyl (C=O) groups excluding carboxylic acids is 1. The Balaban J connectivity index is 1.27. The number of aromatic nitrogens is 5. The first-order chi connectivity index (χ1) is 18.0. The lowest BCUT2D eigenvalue weighted by molar-refractivity contribution is -0.124. The molecule has 37 heavy (non-hydrogen) atoms. The summed E-state index contributed by atoms with van der Waals surface area (Å²) in [5, 5.41) is 16.5. The predicted octanol–water partition coefficient (Wildman–Crippen LogP) is 2.27. The van der Waals surface area contributed by atoms with E-state index < -0.39 is 0 Å². The molecule has 1 atom stereocenters. The molecule has 4 heterocycles. The maximum atomic E-state index is 13.6. The van der Waals surface area contributed by atoms with E-state index in [1.54, 1.807) is 16.8 Å². The number of hydrogen-bond acceptors (Lipinski definition) is 7. The van der Waals surface area contributed by atoms with Crippen LogP contribution in [0, 0.1) is 5.82 Å². The third kappa shape index (κ3) is 4.61. The number of benzene rings is 2. The number of primary amides is 1. The number of rotatable bonds is 7. The van der Waals surface area contributed by atoms with E-state index in [1.165, 1.54) is 18.5 Å². The number of amides is 1. The van der Waals surface area contributed by atoms with E-state index >= 15 is 0 Å². The number of hydrogen-bond donors (Lipinski definition) is 3. The van der Waals surface area contributed by atoms with Crippen LogP contribution < -0.4 is 16.4 Å². The van der Waals surface area contributed by atoms with Gasteiger partial charge in [0.05, 0.1) is 18.3 Å². The molecular formula is C26H26FN9O. The molecule has 1 aliphatic heterocycles. The highest BCUT2D eigenvalue weighted by Gasteiger charge is 2.27. The maximum Gasteiger partial charge on any atom is 0.236 e. The van der Waals surface area contributed by atoms with Crippen LogP contribution in [0.2, 0.25) is 0 Å².